The Morgan fingerprint density at radius 1 is 1.29 bits per heavy atom. The van der Waals surface area contributed by atoms with Crippen molar-refractivity contribution in [1.82, 2.24) is 15.1 Å². The smallest absolute Gasteiger partial charge is 0.269 e. The number of carbonyl (C=O) groups excluding carboxylic acids is 1. The highest BCUT2D eigenvalue weighted by Crippen LogP contribution is 2.25. The Labute approximate surface area is 138 Å². The summed E-state index contributed by atoms with van der Waals surface area (Å²) in [6.07, 6.45) is 1.66. The first-order valence-electron chi connectivity index (χ1n) is 7.42. The van der Waals surface area contributed by atoms with Gasteiger partial charge >= 0.3 is 0 Å². The first kappa shape index (κ1) is 15.7. The van der Waals surface area contributed by atoms with Crippen molar-refractivity contribution in [3.63, 3.8) is 0 Å². The Kier molecular flexibility index (Phi) is 3.99. The van der Waals surface area contributed by atoms with Gasteiger partial charge in [0.2, 0.25) is 0 Å². The van der Waals surface area contributed by atoms with E-state index in [1.807, 2.05) is 13.0 Å². The number of aromatic amines is 1. The van der Waals surface area contributed by atoms with Crippen molar-refractivity contribution in [3.05, 3.63) is 69.9 Å². The second-order valence-electron chi connectivity index (χ2n) is 5.58. The van der Waals surface area contributed by atoms with E-state index >= 15 is 0 Å². The zero-order valence-corrected chi connectivity index (χ0v) is 13.3. The molecule has 122 valence electrons. The number of nitrogens with zero attached hydrogens (tertiary/aromatic N) is 3. The van der Waals surface area contributed by atoms with Crippen LogP contribution in [0.2, 0.25) is 0 Å². The van der Waals surface area contributed by atoms with Crippen LogP contribution in [0, 0.1) is 10.1 Å². The molecule has 7 heteroatoms. The molecule has 0 aliphatic heterocycles. The maximum atomic E-state index is 12.8. The third-order valence-corrected chi connectivity index (χ3v) is 4.17. The Balaban J connectivity index is 1.92. The van der Waals surface area contributed by atoms with Crippen LogP contribution in [-0.2, 0) is 0 Å². The molecule has 1 atom stereocenters. The molecular formula is C17H16N4O3. The molecule has 0 aliphatic rings. The topological polar surface area (TPSA) is 92.1 Å². The molecule has 2 aromatic carbocycles. The van der Waals surface area contributed by atoms with E-state index in [4.69, 9.17) is 0 Å². The average Bonchev–Trinajstić information content (AvgIpc) is 3.08. The summed E-state index contributed by atoms with van der Waals surface area (Å²) >= 11 is 0. The SMILES string of the molecule is CC(c1cccc([N+](=O)[O-])c1)N(C)C(=O)c1cccc2cn[nH]c12. The van der Waals surface area contributed by atoms with Gasteiger partial charge in [-0.3, -0.25) is 20.0 Å². The molecule has 0 radical (unpaired) electrons. The quantitative estimate of drug-likeness (QED) is 0.588. The van der Waals surface area contributed by atoms with Gasteiger partial charge in [0.1, 0.15) is 0 Å². The fourth-order valence-corrected chi connectivity index (χ4v) is 2.63. The minimum Gasteiger partial charge on any atom is -0.335 e. The minimum atomic E-state index is -0.441. The number of amides is 1. The van der Waals surface area contributed by atoms with Crippen LogP contribution in [0.5, 0.6) is 0 Å². The summed E-state index contributed by atoms with van der Waals surface area (Å²) in [5.74, 6) is -0.177. The molecule has 1 unspecified atom stereocenters. The van der Waals surface area contributed by atoms with Crippen molar-refractivity contribution in [2.75, 3.05) is 7.05 Å². The molecule has 1 heterocycles. The van der Waals surface area contributed by atoms with Crippen LogP contribution in [0.4, 0.5) is 5.69 Å². The van der Waals surface area contributed by atoms with Gasteiger partial charge in [-0.05, 0) is 18.6 Å². The number of nitro benzene ring substituents is 1. The number of benzene rings is 2. The van der Waals surface area contributed by atoms with E-state index in [2.05, 4.69) is 10.2 Å². The molecule has 1 N–H and O–H groups in total. The number of hydrogen-bond donors (Lipinski definition) is 1. The second-order valence-corrected chi connectivity index (χ2v) is 5.58. The van der Waals surface area contributed by atoms with Gasteiger partial charge in [-0.2, -0.15) is 5.10 Å². The summed E-state index contributed by atoms with van der Waals surface area (Å²) in [7, 11) is 1.68. The Morgan fingerprint density at radius 2 is 2.04 bits per heavy atom. The Hall–Kier alpha value is -3.22. The number of nitro groups is 1. The van der Waals surface area contributed by atoms with E-state index < -0.39 is 4.92 Å². The van der Waals surface area contributed by atoms with Crippen molar-refractivity contribution < 1.29 is 9.72 Å². The van der Waals surface area contributed by atoms with E-state index in [-0.39, 0.29) is 17.6 Å². The third-order valence-electron chi connectivity index (χ3n) is 4.17. The summed E-state index contributed by atoms with van der Waals surface area (Å²) in [6.45, 7) is 1.84. The molecule has 0 spiro atoms. The normalized spacial score (nSPS) is 12.1. The van der Waals surface area contributed by atoms with Crippen LogP contribution in [0.1, 0.15) is 28.9 Å². The van der Waals surface area contributed by atoms with Crippen molar-refractivity contribution in [2.24, 2.45) is 0 Å². The van der Waals surface area contributed by atoms with E-state index in [1.54, 1.807) is 42.4 Å². The van der Waals surface area contributed by atoms with Gasteiger partial charge in [-0.25, -0.2) is 0 Å². The van der Waals surface area contributed by atoms with Crippen LogP contribution >= 0.6 is 0 Å². The molecule has 3 rings (SSSR count). The van der Waals surface area contributed by atoms with Gasteiger partial charge in [-0.15, -0.1) is 0 Å². The zero-order chi connectivity index (χ0) is 17.3. The van der Waals surface area contributed by atoms with E-state index in [1.165, 1.54) is 12.1 Å². The predicted octanol–water partition coefficient (Wildman–Crippen LogP) is 3.30. The number of H-pyrrole nitrogens is 1. The van der Waals surface area contributed by atoms with Gasteiger partial charge in [0.25, 0.3) is 11.6 Å². The number of non-ortho nitro benzene ring substituents is 1. The highest BCUT2D eigenvalue weighted by Gasteiger charge is 2.22. The van der Waals surface area contributed by atoms with Gasteiger partial charge in [0.15, 0.2) is 0 Å². The number of carbonyl (C=O) groups is 1. The summed E-state index contributed by atoms with van der Waals surface area (Å²) < 4.78 is 0. The molecule has 0 saturated heterocycles. The number of para-hydroxylation sites is 1. The summed E-state index contributed by atoms with van der Waals surface area (Å²) in [5, 5.41) is 18.6. The lowest BCUT2D eigenvalue weighted by atomic mass is 10.0. The monoisotopic (exact) mass is 324 g/mol. The van der Waals surface area contributed by atoms with E-state index in [0.29, 0.717) is 16.6 Å². The van der Waals surface area contributed by atoms with Gasteiger partial charge in [0, 0.05) is 24.6 Å². The number of nitrogens with one attached hydrogen (secondary N) is 1. The Morgan fingerprint density at radius 3 is 2.79 bits per heavy atom. The van der Waals surface area contributed by atoms with E-state index in [9.17, 15) is 14.9 Å². The lowest BCUT2D eigenvalue weighted by molar-refractivity contribution is -0.384. The van der Waals surface area contributed by atoms with Crippen molar-refractivity contribution >= 4 is 22.5 Å². The van der Waals surface area contributed by atoms with Crippen molar-refractivity contribution in [2.45, 2.75) is 13.0 Å². The molecule has 0 saturated carbocycles. The van der Waals surface area contributed by atoms with Crippen molar-refractivity contribution in [1.29, 1.82) is 0 Å². The largest absolute Gasteiger partial charge is 0.335 e. The maximum Gasteiger partial charge on any atom is 0.269 e. The lowest BCUT2D eigenvalue weighted by Crippen LogP contribution is -2.29. The van der Waals surface area contributed by atoms with Gasteiger partial charge in [-0.1, -0.05) is 24.3 Å². The summed E-state index contributed by atoms with van der Waals surface area (Å²) in [6, 6.07) is 11.4. The van der Waals surface area contributed by atoms with Crippen LogP contribution in [0.15, 0.2) is 48.7 Å². The molecular weight excluding hydrogens is 308 g/mol. The standard InChI is InChI=1S/C17H16N4O3/c1-11(12-5-3-7-14(9-12)21(23)24)20(2)17(22)15-8-4-6-13-10-18-19-16(13)15/h3-11H,1-2H3,(H,18,19). The maximum absolute atomic E-state index is 12.8. The number of rotatable bonds is 4. The third kappa shape index (κ3) is 2.71. The minimum absolute atomic E-state index is 0.0101. The fraction of sp³-hybridized carbons (Fsp3) is 0.176. The summed E-state index contributed by atoms with van der Waals surface area (Å²) in [4.78, 5) is 24.9. The summed E-state index contributed by atoms with van der Waals surface area (Å²) in [5.41, 5.74) is 1.91. The lowest BCUT2D eigenvalue weighted by Gasteiger charge is -2.25. The van der Waals surface area contributed by atoms with E-state index in [0.717, 1.165) is 5.39 Å². The molecule has 24 heavy (non-hydrogen) atoms. The predicted molar refractivity (Wildman–Crippen MR) is 89.7 cm³/mol. The first-order chi connectivity index (χ1) is 11.5. The van der Waals surface area contributed by atoms with Crippen LogP contribution in [0.25, 0.3) is 10.9 Å². The van der Waals surface area contributed by atoms with Crippen molar-refractivity contribution in [3.8, 4) is 0 Å². The first-order valence-corrected chi connectivity index (χ1v) is 7.42. The number of fused-ring (bicyclic) bond motifs is 1. The number of hydrogen-bond acceptors (Lipinski definition) is 4. The highest BCUT2D eigenvalue weighted by atomic mass is 16.6. The molecule has 0 bridgehead atoms. The Bertz CT molecular complexity index is 919. The molecule has 1 aromatic heterocycles. The van der Waals surface area contributed by atoms with Crippen LogP contribution in [-0.4, -0.2) is 33.0 Å². The molecule has 0 aliphatic carbocycles. The van der Waals surface area contributed by atoms with Gasteiger partial charge in [0.05, 0.1) is 28.2 Å². The second kappa shape index (κ2) is 6.11. The molecule has 1 amide bonds. The zero-order valence-electron chi connectivity index (χ0n) is 13.3. The van der Waals surface area contributed by atoms with Crippen LogP contribution < -0.4 is 0 Å². The van der Waals surface area contributed by atoms with Crippen LogP contribution in [0.3, 0.4) is 0 Å². The molecule has 7 nitrogen and oxygen atoms in total. The van der Waals surface area contributed by atoms with Gasteiger partial charge < -0.3 is 4.90 Å². The highest BCUT2D eigenvalue weighted by molar-refractivity contribution is 6.05. The average molecular weight is 324 g/mol. The number of aromatic nitrogens is 2. The molecule has 0 fully saturated rings. The molecule has 3 aromatic rings. The fourth-order valence-electron chi connectivity index (χ4n) is 2.63.